The van der Waals surface area contributed by atoms with Gasteiger partial charge in [-0.3, -0.25) is 9.59 Å². The van der Waals surface area contributed by atoms with Gasteiger partial charge >= 0.3 is 5.97 Å². The van der Waals surface area contributed by atoms with Crippen LogP contribution in [-0.4, -0.2) is 30.1 Å². The van der Waals surface area contributed by atoms with Crippen LogP contribution in [0.25, 0.3) is 0 Å². The smallest absolute Gasteiger partial charge is 0.311 e. The largest absolute Gasteiger partial charge is 0.481 e. The van der Waals surface area contributed by atoms with Crippen molar-refractivity contribution in [3.8, 4) is 0 Å². The topological polar surface area (TPSA) is 63.6 Å². The molecule has 0 fully saturated rings. The fraction of sp³-hybridized carbons (Fsp3) is 0.333. The number of halogens is 1. The van der Waals surface area contributed by atoms with Gasteiger partial charge in [-0.15, -0.1) is 0 Å². The van der Waals surface area contributed by atoms with Gasteiger partial charge in [-0.1, -0.05) is 52.3 Å². The van der Waals surface area contributed by atoms with Crippen LogP contribution in [-0.2, 0) is 16.0 Å². The standard InChI is InChI=1S/C16H13BrO3.C5H12O/c17-14-7-5-13(6-8-14)15(16(19)20)9-11-1-3-12(10-18)4-2-11;1-5(2,3)6-4/h1-8,10,15H,9H2,(H,19,20);1-4H3/t15-;/m1./s1. The van der Waals surface area contributed by atoms with Crippen molar-refractivity contribution in [2.75, 3.05) is 7.11 Å². The Labute approximate surface area is 163 Å². The van der Waals surface area contributed by atoms with Gasteiger partial charge in [0, 0.05) is 17.1 Å². The van der Waals surface area contributed by atoms with E-state index in [1.165, 1.54) is 0 Å². The summed E-state index contributed by atoms with van der Waals surface area (Å²) in [5.41, 5.74) is 2.29. The molecule has 0 aliphatic carbocycles. The zero-order chi connectivity index (χ0) is 19.7. The van der Waals surface area contributed by atoms with E-state index in [0.29, 0.717) is 12.0 Å². The summed E-state index contributed by atoms with van der Waals surface area (Å²) in [6, 6.07) is 14.3. The Morgan fingerprint density at radius 1 is 1.12 bits per heavy atom. The van der Waals surface area contributed by atoms with Crippen LogP contribution in [0.15, 0.2) is 53.0 Å². The third kappa shape index (κ3) is 7.93. The lowest BCUT2D eigenvalue weighted by Gasteiger charge is -2.14. The highest BCUT2D eigenvalue weighted by molar-refractivity contribution is 9.10. The van der Waals surface area contributed by atoms with Crippen molar-refractivity contribution in [1.82, 2.24) is 0 Å². The van der Waals surface area contributed by atoms with Gasteiger partial charge in [0.15, 0.2) is 0 Å². The van der Waals surface area contributed by atoms with Gasteiger partial charge in [0.2, 0.25) is 0 Å². The highest BCUT2D eigenvalue weighted by atomic mass is 79.9. The van der Waals surface area contributed by atoms with Crippen LogP contribution in [0.4, 0.5) is 0 Å². The summed E-state index contributed by atoms with van der Waals surface area (Å²) in [7, 11) is 1.71. The van der Waals surface area contributed by atoms with Crippen molar-refractivity contribution in [1.29, 1.82) is 0 Å². The van der Waals surface area contributed by atoms with Crippen LogP contribution >= 0.6 is 15.9 Å². The van der Waals surface area contributed by atoms with Crippen molar-refractivity contribution in [2.24, 2.45) is 0 Å². The van der Waals surface area contributed by atoms with Crippen molar-refractivity contribution < 1.29 is 19.4 Å². The lowest BCUT2D eigenvalue weighted by atomic mass is 9.92. The molecule has 2 aromatic rings. The zero-order valence-corrected chi connectivity index (χ0v) is 17.1. The van der Waals surface area contributed by atoms with Crippen LogP contribution in [0.2, 0.25) is 0 Å². The Bertz CT molecular complexity index is 700. The number of rotatable bonds is 5. The Balaban J connectivity index is 0.000000487. The maximum Gasteiger partial charge on any atom is 0.311 e. The van der Waals surface area contributed by atoms with Gasteiger partial charge in [-0.2, -0.15) is 0 Å². The predicted molar refractivity (Wildman–Crippen MR) is 107 cm³/mol. The first-order chi connectivity index (χ1) is 12.2. The minimum atomic E-state index is -0.855. The van der Waals surface area contributed by atoms with Crippen LogP contribution in [0.3, 0.4) is 0 Å². The maximum absolute atomic E-state index is 11.4. The van der Waals surface area contributed by atoms with Gasteiger partial charge in [0.05, 0.1) is 11.5 Å². The number of aldehydes is 1. The number of hydrogen-bond donors (Lipinski definition) is 1. The number of carboxylic acids is 1. The molecule has 2 aromatic carbocycles. The summed E-state index contributed by atoms with van der Waals surface area (Å²) in [5.74, 6) is -1.45. The molecule has 0 saturated heterocycles. The number of carbonyl (C=O) groups excluding carboxylic acids is 1. The highest BCUT2D eigenvalue weighted by Crippen LogP contribution is 2.23. The summed E-state index contributed by atoms with van der Waals surface area (Å²) in [5, 5.41) is 9.39. The highest BCUT2D eigenvalue weighted by Gasteiger charge is 2.20. The van der Waals surface area contributed by atoms with E-state index in [1.807, 2.05) is 45.0 Å². The van der Waals surface area contributed by atoms with E-state index in [4.69, 9.17) is 4.74 Å². The van der Waals surface area contributed by atoms with Crippen molar-refractivity contribution >= 4 is 28.2 Å². The Morgan fingerprint density at radius 2 is 1.62 bits per heavy atom. The molecule has 2 rings (SSSR count). The molecule has 1 N–H and O–H groups in total. The Hall–Kier alpha value is -1.98. The second-order valence-electron chi connectivity index (χ2n) is 6.82. The van der Waals surface area contributed by atoms with Crippen molar-refractivity contribution in [2.45, 2.75) is 38.7 Å². The summed E-state index contributed by atoms with van der Waals surface area (Å²) in [4.78, 5) is 22.0. The lowest BCUT2D eigenvalue weighted by molar-refractivity contribution is -0.138. The monoisotopic (exact) mass is 420 g/mol. The van der Waals surface area contributed by atoms with Gasteiger partial charge in [-0.05, 0) is 50.5 Å². The number of hydrogen-bond acceptors (Lipinski definition) is 3. The molecular weight excluding hydrogens is 396 g/mol. The summed E-state index contributed by atoms with van der Waals surface area (Å²) >= 11 is 3.33. The van der Waals surface area contributed by atoms with Crippen LogP contribution in [0, 0.1) is 0 Å². The molecule has 5 heteroatoms. The zero-order valence-electron chi connectivity index (χ0n) is 15.5. The maximum atomic E-state index is 11.4. The number of methoxy groups -OCH3 is 1. The molecule has 0 radical (unpaired) electrons. The van der Waals surface area contributed by atoms with E-state index in [2.05, 4.69) is 15.9 Å². The molecule has 0 aliphatic rings. The first-order valence-corrected chi connectivity index (χ1v) is 9.03. The minimum absolute atomic E-state index is 0.0417. The first-order valence-electron chi connectivity index (χ1n) is 8.24. The molecule has 0 amide bonds. The number of carbonyl (C=O) groups is 2. The fourth-order valence-electron chi connectivity index (χ4n) is 2.01. The summed E-state index contributed by atoms with van der Waals surface area (Å²) in [6.45, 7) is 6.06. The number of carboxylic acid groups (broad SMARTS) is 1. The molecule has 0 spiro atoms. The predicted octanol–water partition coefficient (Wildman–Crippen LogP) is 5.10. The third-order valence-corrected chi connectivity index (χ3v) is 4.27. The molecule has 0 heterocycles. The minimum Gasteiger partial charge on any atom is -0.481 e. The van der Waals surface area contributed by atoms with E-state index in [9.17, 15) is 14.7 Å². The molecule has 0 unspecified atom stereocenters. The Morgan fingerprint density at radius 3 is 2.00 bits per heavy atom. The van der Waals surface area contributed by atoms with E-state index >= 15 is 0 Å². The molecule has 1 atom stereocenters. The molecule has 0 bridgehead atoms. The van der Waals surface area contributed by atoms with Crippen molar-refractivity contribution in [3.05, 3.63) is 69.7 Å². The number of aliphatic carboxylic acids is 1. The Kier molecular flexibility index (Phi) is 8.69. The molecular formula is C21H25BrO4. The molecule has 0 aromatic heterocycles. The third-order valence-electron chi connectivity index (χ3n) is 3.74. The SMILES string of the molecule is COC(C)(C)C.O=Cc1ccc(C[C@@H](C(=O)O)c2ccc(Br)cc2)cc1. The molecule has 140 valence electrons. The lowest BCUT2D eigenvalue weighted by Crippen LogP contribution is -2.15. The van der Waals surface area contributed by atoms with Gasteiger partial charge in [0.1, 0.15) is 6.29 Å². The summed E-state index contributed by atoms with van der Waals surface area (Å²) in [6.07, 6.45) is 1.17. The van der Waals surface area contributed by atoms with Gasteiger partial charge in [-0.25, -0.2) is 0 Å². The van der Waals surface area contributed by atoms with Crippen molar-refractivity contribution in [3.63, 3.8) is 0 Å². The molecule has 0 saturated carbocycles. The molecule has 26 heavy (non-hydrogen) atoms. The fourth-order valence-corrected chi connectivity index (χ4v) is 2.28. The second kappa shape index (κ2) is 10.2. The van der Waals surface area contributed by atoms with E-state index in [-0.39, 0.29) is 5.60 Å². The van der Waals surface area contributed by atoms with Crippen LogP contribution < -0.4 is 0 Å². The quantitative estimate of drug-likeness (QED) is 0.682. The summed E-state index contributed by atoms with van der Waals surface area (Å²) < 4.78 is 5.85. The van der Waals surface area contributed by atoms with Crippen LogP contribution in [0.5, 0.6) is 0 Å². The van der Waals surface area contributed by atoms with E-state index in [1.54, 1.807) is 31.4 Å². The normalized spacial score (nSPS) is 11.9. The van der Waals surface area contributed by atoms with E-state index in [0.717, 1.165) is 21.9 Å². The second-order valence-corrected chi connectivity index (χ2v) is 7.74. The molecule has 0 aliphatic heterocycles. The first kappa shape index (κ1) is 22.1. The number of benzene rings is 2. The molecule has 4 nitrogen and oxygen atoms in total. The average Bonchev–Trinajstić information content (AvgIpc) is 2.61. The van der Waals surface area contributed by atoms with Crippen LogP contribution in [0.1, 0.15) is 48.2 Å². The average molecular weight is 421 g/mol. The van der Waals surface area contributed by atoms with E-state index < -0.39 is 11.9 Å². The van der Waals surface area contributed by atoms with Gasteiger partial charge in [0.25, 0.3) is 0 Å². The van der Waals surface area contributed by atoms with Gasteiger partial charge < -0.3 is 9.84 Å². The number of ether oxygens (including phenoxy) is 1.